The molecule has 0 fully saturated rings. The van der Waals surface area contributed by atoms with Crippen LogP contribution in [0.4, 0.5) is 10.5 Å². The van der Waals surface area contributed by atoms with Crippen molar-refractivity contribution in [3.8, 4) is 11.1 Å². The molecule has 3 aromatic rings. The van der Waals surface area contributed by atoms with Crippen LogP contribution in [-0.4, -0.2) is 43.4 Å². The lowest BCUT2D eigenvalue weighted by atomic mass is 9.98. The van der Waals surface area contributed by atoms with Crippen LogP contribution in [0.3, 0.4) is 0 Å². The van der Waals surface area contributed by atoms with E-state index in [1.54, 1.807) is 12.1 Å². The maximum Gasteiger partial charge on any atom is 0.411 e. The lowest BCUT2D eigenvalue weighted by Crippen LogP contribution is -2.23. The molecule has 0 radical (unpaired) electrons. The van der Waals surface area contributed by atoms with Crippen LogP contribution in [0, 0.1) is 6.92 Å². The number of carbonyl (C=O) groups excluding carboxylic acids is 2. The van der Waals surface area contributed by atoms with E-state index in [4.69, 9.17) is 14.6 Å². The Balaban J connectivity index is 1.49. The van der Waals surface area contributed by atoms with Crippen LogP contribution in [-0.2, 0) is 32.0 Å². The van der Waals surface area contributed by atoms with Gasteiger partial charge in [0.25, 0.3) is 0 Å². The van der Waals surface area contributed by atoms with Crippen molar-refractivity contribution >= 4 is 23.7 Å². The van der Waals surface area contributed by atoms with Crippen LogP contribution in [0.5, 0.6) is 0 Å². The van der Waals surface area contributed by atoms with Crippen molar-refractivity contribution in [1.82, 2.24) is 5.32 Å². The minimum absolute atomic E-state index is 0.0223. The second kappa shape index (κ2) is 11.0. The number of hydrogen-bond acceptors (Lipinski definition) is 6. The Kier molecular flexibility index (Phi) is 7.65. The average molecular weight is 489 g/mol. The van der Waals surface area contributed by atoms with Crippen LogP contribution in [0.2, 0.25) is 0 Å². The monoisotopic (exact) mass is 488 g/mol. The summed E-state index contributed by atoms with van der Waals surface area (Å²) in [7, 11) is 1.31. The van der Waals surface area contributed by atoms with Gasteiger partial charge in [0.1, 0.15) is 6.61 Å². The zero-order valence-electron chi connectivity index (χ0n) is 20.2. The average Bonchev–Trinajstić information content (AvgIpc) is 3.18. The summed E-state index contributed by atoms with van der Waals surface area (Å²) in [5, 5.41) is 14.5. The molecule has 8 heteroatoms. The molecule has 0 spiro atoms. The number of anilines is 1. The Morgan fingerprint density at radius 2 is 1.56 bits per heavy atom. The van der Waals surface area contributed by atoms with Crippen LogP contribution < -0.4 is 10.6 Å². The second-order valence-corrected chi connectivity index (χ2v) is 8.62. The molecular formula is C28H28N2O6. The molecule has 3 aromatic carbocycles. The minimum atomic E-state index is -0.977. The third-order valence-electron chi connectivity index (χ3n) is 6.37. The molecular weight excluding hydrogens is 460 g/mol. The third kappa shape index (κ3) is 5.55. The van der Waals surface area contributed by atoms with E-state index in [2.05, 4.69) is 34.9 Å². The van der Waals surface area contributed by atoms with Gasteiger partial charge in [-0.3, -0.25) is 14.9 Å². The summed E-state index contributed by atoms with van der Waals surface area (Å²) in [6.07, 6.45) is -0.594. The van der Waals surface area contributed by atoms with Crippen LogP contribution in [0.15, 0.2) is 60.7 Å². The van der Waals surface area contributed by atoms with Gasteiger partial charge in [0.15, 0.2) is 0 Å². The Labute approximate surface area is 209 Å². The second-order valence-electron chi connectivity index (χ2n) is 8.62. The fourth-order valence-electron chi connectivity index (χ4n) is 4.56. The Morgan fingerprint density at radius 1 is 0.944 bits per heavy atom. The van der Waals surface area contributed by atoms with Crippen molar-refractivity contribution in [1.29, 1.82) is 0 Å². The number of ether oxygens (including phenoxy) is 2. The predicted molar refractivity (Wildman–Crippen MR) is 135 cm³/mol. The van der Waals surface area contributed by atoms with Crippen molar-refractivity contribution in [2.45, 2.75) is 25.8 Å². The van der Waals surface area contributed by atoms with E-state index in [1.807, 2.05) is 31.2 Å². The Hall–Kier alpha value is -4.17. The summed E-state index contributed by atoms with van der Waals surface area (Å²) in [5.41, 5.74) is 7.22. The van der Waals surface area contributed by atoms with E-state index >= 15 is 0 Å². The van der Waals surface area contributed by atoms with Crippen molar-refractivity contribution in [3.63, 3.8) is 0 Å². The first kappa shape index (κ1) is 24.9. The maximum atomic E-state index is 12.8. The largest absolute Gasteiger partial charge is 0.480 e. The van der Waals surface area contributed by atoms with Gasteiger partial charge in [-0.25, -0.2) is 4.79 Å². The lowest BCUT2D eigenvalue weighted by Gasteiger charge is -2.17. The van der Waals surface area contributed by atoms with Gasteiger partial charge in [-0.05, 0) is 58.0 Å². The molecule has 36 heavy (non-hydrogen) atoms. The zero-order valence-corrected chi connectivity index (χ0v) is 20.2. The van der Waals surface area contributed by atoms with E-state index in [-0.39, 0.29) is 32.0 Å². The number of nitrogens with one attached hydrogen (secondary N) is 2. The third-order valence-corrected chi connectivity index (χ3v) is 6.37. The SMILES string of the molecule is COC(=O)Cc1cc(NC(=O)OCC2c3ccccc3-c3ccccc32)cc(CNCC(=O)O)c1C. The zero-order chi connectivity index (χ0) is 25.7. The predicted octanol–water partition coefficient (Wildman–Crippen LogP) is 4.25. The van der Waals surface area contributed by atoms with Gasteiger partial charge in [0.2, 0.25) is 0 Å². The van der Waals surface area contributed by atoms with Gasteiger partial charge >= 0.3 is 18.0 Å². The summed E-state index contributed by atoms with van der Waals surface area (Å²) in [6, 6.07) is 19.6. The topological polar surface area (TPSA) is 114 Å². The first-order valence-corrected chi connectivity index (χ1v) is 11.6. The number of amides is 1. The molecule has 1 amide bonds. The quantitative estimate of drug-likeness (QED) is 0.386. The molecule has 0 unspecified atom stereocenters. The molecule has 0 aromatic heterocycles. The molecule has 0 saturated carbocycles. The highest BCUT2D eigenvalue weighted by molar-refractivity contribution is 5.86. The molecule has 1 aliphatic carbocycles. The van der Waals surface area contributed by atoms with Crippen molar-refractivity contribution < 1.29 is 29.0 Å². The Morgan fingerprint density at radius 3 is 2.17 bits per heavy atom. The molecule has 0 atom stereocenters. The van der Waals surface area contributed by atoms with Crippen molar-refractivity contribution in [2.75, 3.05) is 25.6 Å². The number of fused-ring (bicyclic) bond motifs is 3. The van der Waals surface area contributed by atoms with Gasteiger partial charge in [-0.2, -0.15) is 0 Å². The van der Waals surface area contributed by atoms with E-state index in [0.717, 1.165) is 33.4 Å². The molecule has 4 rings (SSSR count). The van der Waals surface area contributed by atoms with Crippen LogP contribution >= 0.6 is 0 Å². The highest BCUT2D eigenvalue weighted by Gasteiger charge is 2.29. The number of rotatable bonds is 9. The lowest BCUT2D eigenvalue weighted by molar-refractivity contribution is -0.140. The van der Waals surface area contributed by atoms with Crippen molar-refractivity contribution in [2.24, 2.45) is 0 Å². The molecule has 0 saturated heterocycles. The van der Waals surface area contributed by atoms with Crippen LogP contribution in [0.1, 0.15) is 33.7 Å². The summed E-state index contributed by atoms with van der Waals surface area (Å²) in [5.74, 6) is -1.46. The summed E-state index contributed by atoms with van der Waals surface area (Å²) in [4.78, 5) is 35.5. The standard InChI is InChI=1S/C28H28N2O6/c1-17-18(13-27(33)35-2)11-20(12-19(17)14-29-15-26(31)32)30-28(34)36-16-25-23-9-5-3-7-21(23)22-8-4-6-10-24(22)25/h3-12,25,29H,13-16H2,1-2H3,(H,30,34)(H,31,32). The molecule has 8 nitrogen and oxygen atoms in total. The summed E-state index contributed by atoms with van der Waals surface area (Å²) < 4.78 is 10.4. The minimum Gasteiger partial charge on any atom is -0.480 e. The normalized spacial score (nSPS) is 11.9. The number of benzene rings is 3. The summed E-state index contributed by atoms with van der Waals surface area (Å²) >= 11 is 0. The molecule has 0 aliphatic heterocycles. The first-order valence-electron chi connectivity index (χ1n) is 11.6. The number of carbonyl (C=O) groups is 3. The highest BCUT2D eigenvalue weighted by Crippen LogP contribution is 2.44. The molecule has 0 heterocycles. The van der Waals surface area contributed by atoms with E-state index in [1.165, 1.54) is 7.11 Å². The van der Waals surface area contributed by atoms with Crippen LogP contribution in [0.25, 0.3) is 11.1 Å². The first-order chi connectivity index (χ1) is 17.4. The maximum absolute atomic E-state index is 12.8. The smallest absolute Gasteiger partial charge is 0.411 e. The van der Waals surface area contributed by atoms with E-state index in [9.17, 15) is 14.4 Å². The van der Waals surface area contributed by atoms with E-state index < -0.39 is 18.0 Å². The Bertz CT molecular complexity index is 1260. The fraction of sp³-hybridized carbons (Fsp3) is 0.250. The van der Waals surface area contributed by atoms with Gasteiger partial charge in [-0.15, -0.1) is 0 Å². The highest BCUT2D eigenvalue weighted by atomic mass is 16.5. The number of carboxylic acids is 1. The number of aliphatic carboxylic acids is 1. The van der Waals surface area contributed by atoms with E-state index in [0.29, 0.717) is 11.3 Å². The van der Waals surface area contributed by atoms with Gasteiger partial charge in [-0.1, -0.05) is 48.5 Å². The molecule has 3 N–H and O–H groups in total. The molecule has 1 aliphatic rings. The summed E-state index contributed by atoms with van der Waals surface area (Å²) in [6.45, 7) is 2.06. The van der Waals surface area contributed by atoms with Crippen molar-refractivity contribution in [3.05, 3.63) is 88.5 Å². The number of esters is 1. The molecule has 0 bridgehead atoms. The number of hydrogen-bond donors (Lipinski definition) is 3. The number of carboxylic acid groups (broad SMARTS) is 1. The molecule has 186 valence electrons. The van der Waals surface area contributed by atoms with Gasteiger partial charge in [0.05, 0.1) is 20.1 Å². The number of methoxy groups -OCH3 is 1. The fourth-order valence-corrected chi connectivity index (χ4v) is 4.56. The van der Waals surface area contributed by atoms with Gasteiger partial charge in [0, 0.05) is 18.2 Å². The van der Waals surface area contributed by atoms with Gasteiger partial charge < -0.3 is 19.9 Å².